The van der Waals surface area contributed by atoms with Crippen molar-refractivity contribution in [1.82, 2.24) is 20.5 Å². The van der Waals surface area contributed by atoms with Gasteiger partial charge in [0.25, 0.3) is 0 Å². The molecule has 0 bridgehead atoms. The molecule has 4 N–H and O–H groups in total. The summed E-state index contributed by atoms with van der Waals surface area (Å²) in [5.41, 5.74) is 7.60. The molecule has 0 saturated heterocycles. The van der Waals surface area contributed by atoms with Crippen molar-refractivity contribution in [2.24, 2.45) is 17.6 Å². The lowest BCUT2D eigenvalue weighted by Crippen LogP contribution is -2.52. The third kappa shape index (κ3) is 8.66. The van der Waals surface area contributed by atoms with E-state index in [0.717, 1.165) is 27.5 Å². The molecule has 3 aromatic rings. The molecular weight excluding hydrogens is 671 g/mol. The Bertz CT molecular complexity index is 1380. The number of amides is 3. The highest BCUT2D eigenvalue weighted by molar-refractivity contribution is 14.1. The molecule has 0 radical (unpaired) electrons. The van der Waals surface area contributed by atoms with Crippen LogP contribution in [0.15, 0.2) is 48.5 Å². The molecule has 4 rings (SSSR count). The number of anilines is 1. The number of H-pyrrole nitrogens is 1. The summed E-state index contributed by atoms with van der Waals surface area (Å²) in [6.45, 7) is 5.96. The third-order valence-corrected chi connectivity index (χ3v) is 8.12. The molecule has 1 aliphatic rings. The Morgan fingerprint density at radius 1 is 1.07 bits per heavy atom. The van der Waals surface area contributed by atoms with Crippen LogP contribution in [-0.2, 0) is 20.7 Å². The number of nitrogens with two attached hydrogens (primary N) is 1. The smallest absolute Gasteiger partial charge is 0.407 e. The molecule has 1 fully saturated rings. The number of hydrogen-bond donors (Lipinski definition) is 3. The summed E-state index contributed by atoms with van der Waals surface area (Å²) in [5.74, 6) is -0.273. The predicted octanol–water partition coefficient (Wildman–Crippen LogP) is 5.49. The van der Waals surface area contributed by atoms with Gasteiger partial charge in [-0.3, -0.25) is 14.5 Å². The summed E-state index contributed by atoms with van der Waals surface area (Å²) in [6, 6.07) is 14.1. The molecule has 1 aliphatic carbocycles. The van der Waals surface area contributed by atoms with E-state index in [9.17, 15) is 14.4 Å². The van der Waals surface area contributed by atoms with Crippen LogP contribution in [0.25, 0.3) is 11.4 Å². The second kappa shape index (κ2) is 13.9. The van der Waals surface area contributed by atoms with Crippen LogP contribution in [0.3, 0.4) is 0 Å². The Balaban J connectivity index is 1.52. The van der Waals surface area contributed by atoms with Crippen LogP contribution in [0.4, 0.5) is 10.5 Å². The maximum atomic E-state index is 14.2. The molecule has 2 aromatic carbocycles. The fraction of sp³-hybridized carbons (Fsp3) is 0.433. The highest BCUT2D eigenvalue weighted by Gasteiger charge is 2.36. The molecule has 42 heavy (non-hydrogen) atoms. The van der Waals surface area contributed by atoms with Crippen LogP contribution in [0.2, 0.25) is 5.28 Å². The van der Waals surface area contributed by atoms with Gasteiger partial charge in [-0.05, 0) is 129 Å². The topological polar surface area (TPSA) is 143 Å². The number of alkyl carbamates (subject to hydrolysis) is 1. The van der Waals surface area contributed by atoms with Gasteiger partial charge >= 0.3 is 6.09 Å². The Kier molecular flexibility index (Phi) is 10.5. The number of aromatic amines is 1. The number of rotatable bonds is 9. The minimum atomic E-state index is -0.880. The Labute approximate surface area is 264 Å². The van der Waals surface area contributed by atoms with E-state index in [1.54, 1.807) is 29.2 Å². The predicted molar refractivity (Wildman–Crippen MR) is 170 cm³/mol. The van der Waals surface area contributed by atoms with Crippen molar-refractivity contribution in [3.05, 3.63) is 62.9 Å². The minimum absolute atomic E-state index is 0.140. The molecule has 1 atom stereocenters. The van der Waals surface area contributed by atoms with E-state index in [4.69, 9.17) is 22.1 Å². The average molecular weight is 707 g/mol. The largest absolute Gasteiger partial charge is 0.444 e. The zero-order valence-corrected chi connectivity index (χ0v) is 26.8. The first-order chi connectivity index (χ1) is 19.9. The summed E-state index contributed by atoms with van der Waals surface area (Å²) in [7, 11) is 0. The van der Waals surface area contributed by atoms with Crippen molar-refractivity contribution in [3.63, 3.8) is 0 Å². The van der Waals surface area contributed by atoms with Crippen molar-refractivity contribution in [1.29, 1.82) is 0 Å². The second-order valence-electron chi connectivity index (χ2n) is 11.6. The molecule has 12 heteroatoms. The van der Waals surface area contributed by atoms with Gasteiger partial charge in [-0.15, -0.1) is 10.2 Å². The number of aromatic nitrogens is 3. The quantitative estimate of drug-likeness (QED) is 0.251. The fourth-order valence-electron chi connectivity index (χ4n) is 5.13. The lowest BCUT2D eigenvalue weighted by atomic mass is 9.81. The normalized spacial score (nSPS) is 17.7. The molecule has 0 unspecified atom stereocenters. The monoisotopic (exact) mass is 706 g/mol. The van der Waals surface area contributed by atoms with Crippen molar-refractivity contribution in [2.75, 3.05) is 11.4 Å². The first-order valence-electron chi connectivity index (χ1n) is 13.9. The zero-order valence-electron chi connectivity index (χ0n) is 23.9. The van der Waals surface area contributed by atoms with E-state index in [1.807, 2.05) is 45.0 Å². The number of carbonyl (C=O) groups excluding carboxylic acids is 3. The summed E-state index contributed by atoms with van der Waals surface area (Å²) >= 11 is 8.12. The zero-order chi connectivity index (χ0) is 30.4. The Morgan fingerprint density at radius 3 is 2.26 bits per heavy atom. The van der Waals surface area contributed by atoms with Crippen molar-refractivity contribution in [3.8, 4) is 11.4 Å². The summed E-state index contributed by atoms with van der Waals surface area (Å²) < 4.78 is 6.41. The Hall–Kier alpha value is -3.19. The van der Waals surface area contributed by atoms with Gasteiger partial charge in [0.1, 0.15) is 11.6 Å². The number of carbonyl (C=O) groups is 3. The summed E-state index contributed by atoms with van der Waals surface area (Å²) in [6.07, 6.45) is 2.65. The highest BCUT2D eigenvalue weighted by atomic mass is 127. The van der Waals surface area contributed by atoms with E-state index in [-0.39, 0.29) is 29.4 Å². The number of hydrogen-bond acceptors (Lipinski definition) is 6. The third-order valence-electron chi connectivity index (χ3n) is 7.23. The molecular formula is C30H36ClIN6O4. The standard InChI is InChI=1S/C30H36ClIN6O4/c1-30(2,3)42-29(41)34-17-19-4-8-21(9-5-19)27(40)38(24(25(33)39)16-18-6-12-22(32)13-7-18)23-14-10-20(11-15-23)26-35-28(31)37-36-26/h6-7,10-15,19,21,24H,4-5,8-9,16-17H2,1-3H3,(H2,33,39)(H,34,41)(H,35,36,37)/t19-,21-,24-/m0/s1. The van der Waals surface area contributed by atoms with Gasteiger partial charge in [0, 0.05) is 33.7 Å². The second-order valence-corrected chi connectivity index (χ2v) is 13.2. The molecule has 0 aliphatic heterocycles. The number of primary amides is 1. The lowest BCUT2D eigenvalue weighted by Gasteiger charge is -2.36. The summed E-state index contributed by atoms with van der Waals surface area (Å²) in [4.78, 5) is 43.6. The van der Waals surface area contributed by atoms with Gasteiger partial charge in [-0.25, -0.2) is 4.79 Å². The Morgan fingerprint density at radius 2 is 1.71 bits per heavy atom. The molecule has 0 spiro atoms. The van der Waals surface area contributed by atoms with Crippen molar-refractivity contribution < 1.29 is 19.1 Å². The number of benzene rings is 2. The van der Waals surface area contributed by atoms with Crippen LogP contribution in [0.5, 0.6) is 0 Å². The average Bonchev–Trinajstić information content (AvgIpc) is 3.38. The minimum Gasteiger partial charge on any atom is -0.444 e. The van der Waals surface area contributed by atoms with E-state index in [1.165, 1.54) is 0 Å². The van der Waals surface area contributed by atoms with Gasteiger partial charge in [0.2, 0.25) is 17.1 Å². The molecule has 1 heterocycles. The van der Waals surface area contributed by atoms with Crippen LogP contribution in [0.1, 0.15) is 52.0 Å². The molecule has 3 amide bonds. The van der Waals surface area contributed by atoms with E-state index in [2.05, 4.69) is 43.1 Å². The van der Waals surface area contributed by atoms with Gasteiger partial charge in [-0.2, -0.15) is 0 Å². The number of nitrogens with zero attached hydrogens (tertiary/aromatic N) is 3. The molecule has 1 aromatic heterocycles. The summed E-state index contributed by atoms with van der Waals surface area (Å²) in [5, 5.41) is 10.8. The van der Waals surface area contributed by atoms with Crippen LogP contribution in [0, 0.1) is 15.4 Å². The van der Waals surface area contributed by atoms with Crippen LogP contribution >= 0.6 is 34.2 Å². The maximum absolute atomic E-state index is 14.2. The van der Waals surface area contributed by atoms with E-state index < -0.39 is 23.6 Å². The highest BCUT2D eigenvalue weighted by Crippen LogP contribution is 2.33. The van der Waals surface area contributed by atoms with Gasteiger partial charge < -0.3 is 20.8 Å². The van der Waals surface area contributed by atoms with E-state index >= 15 is 0 Å². The lowest BCUT2D eigenvalue weighted by molar-refractivity contribution is -0.127. The number of ether oxygens (including phenoxy) is 1. The van der Waals surface area contributed by atoms with Crippen LogP contribution < -0.4 is 16.0 Å². The van der Waals surface area contributed by atoms with Gasteiger partial charge in [-0.1, -0.05) is 12.1 Å². The SMILES string of the molecule is CC(C)(C)OC(=O)NC[C@H]1CC[C@H](C(=O)N(c2ccc(-c3nnc(Cl)[nH]3)cc2)[C@@H](Cc2ccc(I)cc2)C(N)=O)CC1. The van der Waals surface area contributed by atoms with E-state index in [0.29, 0.717) is 30.9 Å². The molecule has 1 saturated carbocycles. The van der Waals surface area contributed by atoms with Crippen molar-refractivity contribution in [2.45, 2.75) is 64.5 Å². The van der Waals surface area contributed by atoms with Crippen molar-refractivity contribution >= 4 is 57.8 Å². The maximum Gasteiger partial charge on any atom is 0.407 e. The first-order valence-corrected chi connectivity index (χ1v) is 15.4. The first kappa shape index (κ1) is 31.7. The molecule has 224 valence electrons. The number of nitrogens with one attached hydrogen (secondary N) is 2. The van der Waals surface area contributed by atoms with Gasteiger partial charge in [0.15, 0.2) is 5.82 Å². The van der Waals surface area contributed by atoms with Gasteiger partial charge in [0.05, 0.1) is 0 Å². The van der Waals surface area contributed by atoms with Crippen LogP contribution in [-0.4, -0.2) is 51.3 Å². The molecule has 10 nitrogen and oxygen atoms in total. The number of halogens is 2. The fourth-order valence-corrected chi connectivity index (χ4v) is 5.61.